The second-order valence-electron chi connectivity index (χ2n) is 6.60. The Bertz CT molecular complexity index is 751. The van der Waals surface area contributed by atoms with Crippen molar-refractivity contribution in [2.75, 3.05) is 33.5 Å². The fourth-order valence-corrected chi connectivity index (χ4v) is 3.16. The van der Waals surface area contributed by atoms with E-state index in [0.717, 1.165) is 24.2 Å². The van der Waals surface area contributed by atoms with Crippen LogP contribution in [-0.4, -0.2) is 44.6 Å². The van der Waals surface area contributed by atoms with Gasteiger partial charge in [-0.1, -0.05) is 13.8 Å². The molecule has 1 aliphatic rings. The van der Waals surface area contributed by atoms with Gasteiger partial charge in [0.15, 0.2) is 5.11 Å². The van der Waals surface area contributed by atoms with Crippen molar-refractivity contribution in [2.45, 2.75) is 39.7 Å². The van der Waals surface area contributed by atoms with Crippen LogP contribution in [0.15, 0.2) is 29.5 Å². The molecule has 0 saturated heterocycles. The first kappa shape index (κ1) is 23.0. The highest BCUT2D eigenvalue weighted by Crippen LogP contribution is 2.36. The third kappa shape index (κ3) is 6.33. The molecule has 1 atom stereocenters. The van der Waals surface area contributed by atoms with E-state index in [1.54, 1.807) is 14.0 Å². The second kappa shape index (κ2) is 11.6. The number of nitrogens with one attached hydrogen (secondary N) is 2. The van der Waals surface area contributed by atoms with Crippen LogP contribution in [0.2, 0.25) is 0 Å². The Kier molecular flexibility index (Phi) is 9.21. The fourth-order valence-electron chi connectivity index (χ4n) is 2.89. The summed E-state index contributed by atoms with van der Waals surface area (Å²) in [4.78, 5) is 12.8. The summed E-state index contributed by atoms with van der Waals surface area (Å²) in [5, 5.41) is 6.62. The van der Waals surface area contributed by atoms with Crippen molar-refractivity contribution in [3.63, 3.8) is 0 Å². The predicted molar refractivity (Wildman–Crippen MR) is 115 cm³/mol. The molecule has 8 heteroatoms. The smallest absolute Gasteiger partial charge is 0.338 e. The standard InChI is InChI=1S/C21H30N2O5S/c1-5-9-26-15-7-8-16(17(13-15)27-10-6-2)19-18(14(3)22-21(29)23-19)20(24)28-12-11-25-4/h7-8,13,19H,5-6,9-12H2,1-4H3,(H2,22,23,29)/t19-/m1/s1. The maximum Gasteiger partial charge on any atom is 0.338 e. The molecule has 1 aromatic rings. The predicted octanol–water partition coefficient (Wildman–Crippen LogP) is 3.25. The zero-order chi connectivity index (χ0) is 21.2. The third-order valence-electron chi connectivity index (χ3n) is 4.24. The minimum Gasteiger partial charge on any atom is -0.493 e. The molecule has 2 rings (SSSR count). The largest absolute Gasteiger partial charge is 0.493 e. The number of rotatable bonds is 11. The van der Waals surface area contributed by atoms with Gasteiger partial charge >= 0.3 is 5.97 Å². The highest BCUT2D eigenvalue weighted by atomic mass is 32.1. The maximum atomic E-state index is 12.8. The minimum absolute atomic E-state index is 0.173. The molecule has 0 bridgehead atoms. The number of carbonyl (C=O) groups is 1. The number of esters is 1. The lowest BCUT2D eigenvalue weighted by atomic mass is 9.94. The highest BCUT2D eigenvalue weighted by Gasteiger charge is 2.33. The van der Waals surface area contributed by atoms with Gasteiger partial charge in [-0.25, -0.2) is 4.79 Å². The molecule has 0 radical (unpaired) electrons. The van der Waals surface area contributed by atoms with Crippen LogP contribution in [0.25, 0.3) is 0 Å². The summed E-state index contributed by atoms with van der Waals surface area (Å²) in [6.07, 6.45) is 1.77. The number of allylic oxidation sites excluding steroid dienone is 1. The summed E-state index contributed by atoms with van der Waals surface area (Å²) >= 11 is 5.33. The summed E-state index contributed by atoms with van der Waals surface area (Å²) < 4.78 is 22.1. The van der Waals surface area contributed by atoms with Crippen LogP contribution >= 0.6 is 12.2 Å². The number of hydrogen-bond donors (Lipinski definition) is 2. The molecule has 1 heterocycles. The molecule has 160 valence electrons. The van der Waals surface area contributed by atoms with Crippen molar-refractivity contribution in [3.05, 3.63) is 35.0 Å². The molecule has 1 aliphatic heterocycles. The highest BCUT2D eigenvalue weighted by molar-refractivity contribution is 7.80. The monoisotopic (exact) mass is 422 g/mol. The van der Waals surface area contributed by atoms with Gasteiger partial charge in [0, 0.05) is 24.4 Å². The van der Waals surface area contributed by atoms with Gasteiger partial charge in [-0.05, 0) is 44.1 Å². The van der Waals surface area contributed by atoms with E-state index in [2.05, 4.69) is 17.6 Å². The van der Waals surface area contributed by atoms with Crippen LogP contribution in [0.5, 0.6) is 11.5 Å². The van der Waals surface area contributed by atoms with Gasteiger partial charge in [0.05, 0.1) is 31.4 Å². The number of thiocarbonyl (C=S) groups is 1. The summed E-state index contributed by atoms with van der Waals surface area (Å²) in [6, 6.07) is 5.14. The summed E-state index contributed by atoms with van der Waals surface area (Å²) in [6.45, 7) is 7.57. The summed E-state index contributed by atoms with van der Waals surface area (Å²) in [5.74, 6) is 0.945. The van der Waals surface area contributed by atoms with Crippen molar-refractivity contribution in [1.29, 1.82) is 0 Å². The Hall–Kier alpha value is -2.32. The first-order chi connectivity index (χ1) is 14.0. The number of methoxy groups -OCH3 is 1. The van der Waals surface area contributed by atoms with E-state index in [1.807, 2.05) is 25.1 Å². The Morgan fingerprint density at radius 3 is 2.52 bits per heavy atom. The van der Waals surface area contributed by atoms with Gasteiger partial charge in [0.1, 0.15) is 18.1 Å². The Balaban J connectivity index is 2.39. The molecular weight excluding hydrogens is 392 g/mol. The van der Waals surface area contributed by atoms with E-state index < -0.39 is 12.0 Å². The number of carbonyl (C=O) groups excluding carboxylic acids is 1. The van der Waals surface area contributed by atoms with Crippen LogP contribution in [-0.2, 0) is 14.3 Å². The molecule has 1 aromatic carbocycles. The average Bonchev–Trinajstić information content (AvgIpc) is 2.70. The quantitative estimate of drug-likeness (QED) is 0.320. The summed E-state index contributed by atoms with van der Waals surface area (Å²) in [5.41, 5.74) is 1.90. The third-order valence-corrected chi connectivity index (χ3v) is 4.46. The number of benzene rings is 1. The number of ether oxygens (including phenoxy) is 4. The van der Waals surface area contributed by atoms with Crippen LogP contribution in [0.3, 0.4) is 0 Å². The van der Waals surface area contributed by atoms with E-state index in [4.69, 9.17) is 31.2 Å². The van der Waals surface area contributed by atoms with Gasteiger partial charge in [-0.2, -0.15) is 0 Å². The first-order valence-corrected chi connectivity index (χ1v) is 10.3. The van der Waals surface area contributed by atoms with Crippen molar-refractivity contribution in [2.24, 2.45) is 0 Å². The first-order valence-electron chi connectivity index (χ1n) is 9.85. The molecule has 2 N–H and O–H groups in total. The lowest BCUT2D eigenvalue weighted by molar-refractivity contribution is -0.140. The van der Waals surface area contributed by atoms with E-state index in [9.17, 15) is 4.79 Å². The molecule has 0 aliphatic carbocycles. The van der Waals surface area contributed by atoms with Crippen molar-refractivity contribution in [1.82, 2.24) is 10.6 Å². The molecule has 0 spiro atoms. The van der Waals surface area contributed by atoms with Crippen molar-refractivity contribution in [3.8, 4) is 11.5 Å². The Morgan fingerprint density at radius 1 is 1.10 bits per heavy atom. The molecule has 0 amide bonds. The van der Waals surface area contributed by atoms with E-state index in [-0.39, 0.29) is 6.61 Å². The van der Waals surface area contributed by atoms with Crippen LogP contribution < -0.4 is 20.1 Å². The zero-order valence-corrected chi connectivity index (χ0v) is 18.3. The van der Waals surface area contributed by atoms with E-state index in [0.29, 0.717) is 42.0 Å². The molecule has 0 fully saturated rings. The Morgan fingerprint density at radius 2 is 1.83 bits per heavy atom. The topological polar surface area (TPSA) is 78.1 Å². The lowest BCUT2D eigenvalue weighted by Crippen LogP contribution is -2.45. The van der Waals surface area contributed by atoms with Gasteiger partial charge < -0.3 is 29.6 Å². The normalized spacial score (nSPS) is 16.1. The Labute approximate surface area is 177 Å². The van der Waals surface area contributed by atoms with Gasteiger partial charge in [0.25, 0.3) is 0 Å². The van der Waals surface area contributed by atoms with Crippen molar-refractivity contribution >= 4 is 23.3 Å². The zero-order valence-electron chi connectivity index (χ0n) is 17.5. The maximum absolute atomic E-state index is 12.8. The molecule has 0 unspecified atom stereocenters. The van der Waals surface area contributed by atoms with Crippen LogP contribution in [0, 0.1) is 0 Å². The number of hydrogen-bond acceptors (Lipinski definition) is 6. The second-order valence-corrected chi connectivity index (χ2v) is 7.00. The molecule has 0 aromatic heterocycles. The minimum atomic E-state index is -0.495. The fraction of sp³-hybridized carbons (Fsp3) is 0.524. The van der Waals surface area contributed by atoms with Crippen molar-refractivity contribution < 1.29 is 23.7 Å². The molecule has 0 saturated carbocycles. The van der Waals surface area contributed by atoms with Crippen LogP contribution in [0.1, 0.15) is 45.2 Å². The van der Waals surface area contributed by atoms with E-state index >= 15 is 0 Å². The van der Waals surface area contributed by atoms with Crippen LogP contribution in [0.4, 0.5) is 0 Å². The molecule has 29 heavy (non-hydrogen) atoms. The molecule has 7 nitrogen and oxygen atoms in total. The van der Waals surface area contributed by atoms with Gasteiger partial charge in [0.2, 0.25) is 0 Å². The lowest BCUT2D eigenvalue weighted by Gasteiger charge is -2.31. The summed E-state index contributed by atoms with van der Waals surface area (Å²) in [7, 11) is 1.56. The molecular formula is C21H30N2O5S. The average molecular weight is 423 g/mol. The SMILES string of the molecule is CCCOc1ccc([C@H]2NC(=S)NC(C)=C2C(=O)OCCOC)c(OCCC)c1. The van der Waals surface area contributed by atoms with Gasteiger partial charge in [-0.3, -0.25) is 0 Å². The van der Waals surface area contributed by atoms with E-state index in [1.165, 1.54) is 0 Å². The van der Waals surface area contributed by atoms with Gasteiger partial charge in [-0.15, -0.1) is 0 Å².